The number of carbonyl (C=O) groups excluding carboxylic acids is 1. The number of benzene rings is 1. The van der Waals surface area contributed by atoms with Gasteiger partial charge < -0.3 is 10.5 Å². The minimum Gasteiger partial charge on any atom is -0.496 e. The normalized spacial score (nSPS) is 12.2. The van der Waals surface area contributed by atoms with Gasteiger partial charge in [0.1, 0.15) is 11.5 Å². The van der Waals surface area contributed by atoms with Crippen LogP contribution in [0.2, 0.25) is 0 Å². The van der Waals surface area contributed by atoms with Crippen LogP contribution in [0, 0.1) is 12.8 Å². The van der Waals surface area contributed by atoms with Gasteiger partial charge in [0, 0.05) is 18.4 Å². The lowest BCUT2D eigenvalue weighted by atomic mass is 9.97. The second-order valence-corrected chi connectivity index (χ2v) is 5.25. The van der Waals surface area contributed by atoms with Crippen LogP contribution >= 0.6 is 0 Å². The van der Waals surface area contributed by atoms with Gasteiger partial charge in [0.05, 0.1) is 7.11 Å². The number of ketones is 1. The van der Waals surface area contributed by atoms with E-state index in [1.165, 1.54) is 0 Å². The van der Waals surface area contributed by atoms with Crippen LogP contribution in [0.15, 0.2) is 18.2 Å². The summed E-state index contributed by atoms with van der Waals surface area (Å²) in [7, 11) is 1.64. The van der Waals surface area contributed by atoms with E-state index in [-0.39, 0.29) is 5.78 Å². The maximum atomic E-state index is 12.0. The molecule has 0 saturated carbocycles. The van der Waals surface area contributed by atoms with Crippen LogP contribution in [0.5, 0.6) is 5.75 Å². The lowest BCUT2D eigenvalue weighted by Crippen LogP contribution is -2.10. The molecule has 0 aliphatic heterocycles. The molecule has 0 bridgehead atoms. The summed E-state index contributed by atoms with van der Waals surface area (Å²) in [4.78, 5) is 12.0. The molecule has 2 N–H and O–H groups in total. The van der Waals surface area contributed by atoms with E-state index < -0.39 is 0 Å². The molecule has 1 aromatic carbocycles. The Morgan fingerprint density at radius 1 is 1.37 bits per heavy atom. The first-order valence-electron chi connectivity index (χ1n) is 6.92. The van der Waals surface area contributed by atoms with Gasteiger partial charge in [0.15, 0.2) is 0 Å². The molecule has 0 aliphatic rings. The van der Waals surface area contributed by atoms with E-state index in [4.69, 9.17) is 10.5 Å². The molecular weight excluding hydrogens is 238 g/mol. The Balaban J connectivity index is 2.54. The summed E-state index contributed by atoms with van der Waals surface area (Å²) in [5.41, 5.74) is 7.65. The van der Waals surface area contributed by atoms with Crippen molar-refractivity contribution in [2.24, 2.45) is 11.7 Å². The number of aryl methyl sites for hydroxylation is 1. The molecule has 106 valence electrons. The third-order valence-corrected chi connectivity index (χ3v) is 3.40. The Morgan fingerprint density at radius 3 is 2.74 bits per heavy atom. The molecule has 1 aromatic rings. The van der Waals surface area contributed by atoms with E-state index >= 15 is 0 Å². The minimum atomic E-state index is 0.271. The Kier molecular flexibility index (Phi) is 6.57. The highest BCUT2D eigenvalue weighted by atomic mass is 16.5. The molecular formula is C16H25NO2. The lowest BCUT2D eigenvalue weighted by molar-refractivity contribution is -0.118. The van der Waals surface area contributed by atoms with Crippen molar-refractivity contribution in [3.63, 3.8) is 0 Å². The van der Waals surface area contributed by atoms with E-state index in [0.29, 0.717) is 25.3 Å². The number of ether oxygens (including phenoxy) is 1. The molecule has 0 fully saturated rings. The predicted molar refractivity (Wildman–Crippen MR) is 78.5 cm³/mol. The van der Waals surface area contributed by atoms with E-state index in [1.54, 1.807) is 7.11 Å². The van der Waals surface area contributed by atoms with Crippen molar-refractivity contribution in [3.05, 3.63) is 29.3 Å². The van der Waals surface area contributed by atoms with E-state index in [1.807, 2.05) is 25.1 Å². The first-order valence-corrected chi connectivity index (χ1v) is 6.92. The van der Waals surface area contributed by atoms with Crippen molar-refractivity contribution in [2.45, 2.75) is 39.5 Å². The Morgan fingerprint density at radius 2 is 2.11 bits per heavy atom. The summed E-state index contributed by atoms with van der Waals surface area (Å²) in [5, 5.41) is 0. The molecule has 3 nitrogen and oxygen atoms in total. The molecule has 19 heavy (non-hydrogen) atoms. The van der Waals surface area contributed by atoms with Crippen LogP contribution in [-0.4, -0.2) is 19.4 Å². The number of carbonyl (C=O) groups is 1. The van der Waals surface area contributed by atoms with Crippen LogP contribution in [0.4, 0.5) is 0 Å². The van der Waals surface area contributed by atoms with Gasteiger partial charge in [-0.2, -0.15) is 0 Å². The smallest absolute Gasteiger partial charge is 0.137 e. The SMILES string of the molecule is COc1ccc(C)cc1CC(=O)CCC(C)CCN. The molecule has 0 aliphatic carbocycles. The van der Waals surface area contributed by atoms with Gasteiger partial charge >= 0.3 is 0 Å². The second kappa shape index (κ2) is 7.95. The maximum Gasteiger partial charge on any atom is 0.137 e. The summed E-state index contributed by atoms with van der Waals surface area (Å²) in [5.74, 6) is 1.59. The van der Waals surface area contributed by atoms with Gasteiger partial charge in [-0.1, -0.05) is 24.6 Å². The lowest BCUT2D eigenvalue weighted by Gasteiger charge is -2.11. The fourth-order valence-corrected chi connectivity index (χ4v) is 2.18. The number of methoxy groups -OCH3 is 1. The molecule has 0 aromatic heterocycles. The van der Waals surface area contributed by atoms with Crippen LogP contribution in [0.25, 0.3) is 0 Å². The number of nitrogens with two attached hydrogens (primary N) is 1. The van der Waals surface area contributed by atoms with E-state index in [0.717, 1.165) is 29.7 Å². The first kappa shape index (κ1) is 15.7. The van der Waals surface area contributed by atoms with Crippen LogP contribution in [-0.2, 0) is 11.2 Å². The van der Waals surface area contributed by atoms with Crippen molar-refractivity contribution in [3.8, 4) is 5.75 Å². The van der Waals surface area contributed by atoms with Crippen molar-refractivity contribution >= 4 is 5.78 Å². The first-order chi connectivity index (χ1) is 9.06. The van der Waals surface area contributed by atoms with Crippen LogP contribution < -0.4 is 10.5 Å². The maximum absolute atomic E-state index is 12.0. The highest BCUT2D eigenvalue weighted by Crippen LogP contribution is 2.21. The monoisotopic (exact) mass is 263 g/mol. The molecule has 0 radical (unpaired) electrons. The standard InChI is InChI=1S/C16H25NO2/c1-12(8-9-17)4-6-15(18)11-14-10-13(2)5-7-16(14)19-3/h5,7,10,12H,4,6,8-9,11,17H2,1-3H3. The minimum absolute atomic E-state index is 0.271. The number of Topliss-reactive ketones (excluding diaryl/α,β-unsaturated/α-hetero) is 1. The van der Waals surface area contributed by atoms with Gasteiger partial charge in [0.2, 0.25) is 0 Å². The molecule has 0 spiro atoms. The zero-order chi connectivity index (χ0) is 14.3. The summed E-state index contributed by atoms with van der Waals surface area (Å²) >= 11 is 0. The fourth-order valence-electron chi connectivity index (χ4n) is 2.18. The zero-order valence-corrected chi connectivity index (χ0v) is 12.2. The Labute approximate surface area is 116 Å². The quantitative estimate of drug-likeness (QED) is 0.784. The summed E-state index contributed by atoms with van der Waals surface area (Å²) in [6.07, 6.45) is 2.99. The van der Waals surface area contributed by atoms with Gasteiger partial charge in [-0.3, -0.25) is 4.79 Å². The molecule has 0 heterocycles. The summed E-state index contributed by atoms with van der Waals surface area (Å²) in [6, 6.07) is 5.95. The fraction of sp³-hybridized carbons (Fsp3) is 0.562. The predicted octanol–water partition coefficient (Wildman–Crippen LogP) is 2.88. The number of rotatable bonds is 8. The third kappa shape index (κ3) is 5.43. The van der Waals surface area contributed by atoms with E-state index in [9.17, 15) is 4.79 Å². The summed E-state index contributed by atoms with van der Waals surface area (Å²) < 4.78 is 5.30. The van der Waals surface area contributed by atoms with Crippen molar-refractivity contribution in [1.82, 2.24) is 0 Å². The average Bonchev–Trinajstić information content (AvgIpc) is 2.37. The van der Waals surface area contributed by atoms with E-state index in [2.05, 4.69) is 6.92 Å². The molecule has 3 heteroatoms. The van der Waals surface area contributed by atoms with Crippen molar-refractivity contribution in [2.75, 3.05) is 13.7 Å². The van der Waals surface area contributed by atoms with Gasteiger partial charge in [-0.25, -0.2) is 0 Å². The molecule has 1 unspecified atom stereocenters. The summed E-state index contributed by atoms with van der Waals surface area (Å²) in [6.45, 7) is 4.87. The van der Waals surface area contributed by atoms with Crippen molar-refractivity contribution in [1.29, 1.82) is 0 Å². The Bertz CT molecular complexity index is 415. The number of hydrogen-bond acceptors (Lipinski definition) is 3. The average molecular weight is 263 g/mol. The topological polar surface area (TPSA) is 52.3 Å². The number of hydrogen-bond donors (Lipinski definition) is 1. The van der Waals surface area contributed by atoms with Crippen LogP contribution in [0.3, 0.4) is 0 Å². The van der Waals surface area contributed by atoms with Gasteiger partial charge in [-0.15, -0.1) is 0 Å². The van der Waals surface area contributed by atoms with Gasteiger partial charge in [-0.05, 0) is 38.3 Å². The third-order valence-electron chi connectivity index (χ3n) is 3.40. The molecule has 1 atom stereocenters. The van der Waals surface area contributed by atoms with Crippen molar-refractivity contribution < 1.29 is 9.53 Å². The van der Waals surface area contributed by atoms with Crippen LogP contribution in [0.1, 0.15) is 37.3 Å². The zero-order valence-electron chi connectivity index (χ0n) is 12.2. The molecule has 0 saturated heterocycles. The Hall–Kier alpha value is -1.35. The molecule has 0 amide bonds. The highest BCUT2D eigenvalue weighted by molar-refractivity contribution is 5.81. The molecule has 1 rings (SSSR count). The highest BCUT2D eigenvalue weighted by Gasteiger charge is 2.11. The van der Waals surface area contributed by atoms with Gasteiger partial charge in [0.25, 0.3) is 0 Å². The largest absolute Gasteiger partial charge is 0.496 e. The second-order valence-electron chi connectivity index (χ2n) is 5.25.